The molecule has 0 bridgehead atoms. The summed E-state index contributed by atoms with van der Waals surface area (Å²) in [5.41, 5.74) is 1.23. The second kappa shape index (κ2) is 8.88. The van der Waals surface area contributed by atoms with Gasteiger partial charge in [-0.3, -0.25) is 0 Å². The number of rotatable bonds is 7. The molecule has 0 aliphatic carbocycles. The molecule has 0 aromatic heterocycles. The van der Waals surface area contributed by atoms with Crippen molar-refractivity contribution in [1.82, 2.24) is 10.6 Å². The van der Waals surface area contributed by atoms with Crippen LogP contribution in [0.2, 0.25) is 0 Å². The summed E-state index contributed by atoms with van der Waals surface area (Å²) in [5.74, 6) is 0.416. The van der Waals surface area contributed by atoms with E-state index in [-0.39, 0.29) is 12.4 Å². The normalized spacial score (nSPS) is 11.6. The molecule has 0 fully saturated rings. The van der Waals surface area contributed by atoms with Gasteiger partial charge in [0.15, 0.2) is 0 Å². The van der Waals surface area contributed by atoms with E-state index in [0.717, 1.165) is 0 Å². The van der Waals surface area contributed by atoms with E-state index in [0.29, 0.717) is 29.8 Å². The number of aliphatic hydroxyl groups excluding tert-OH is 1. The molecule has 0 aliphatic rings. The third kappa shape index (κ3) is 5.24. The number of amides is 2. The quantitative estimate of drug-likeness (QED) is 0.729. The largest absolute Gasteiger partial charge is 0.497 e. The van der Waals surface area contributed by atoms with Gasteiger partial charge in [0.25, 0.3) is 0 Å². The van der Waals surface area contributed by atoms with Crippen LogP contribution in [-0.2, 0) is 6.42 Å². The second-order valence-electron chi connectivity index (χ2n) is 5.27. The number of aliphatic hydroxyl groups is 1. The molecule has 128 valence electrons. The first-order valence-corrected chi connectivity index (χ1v) is 7.67. The Bertz CT molecular complexity index is 662. The Hall–Kier alpha value is -2.60. The van der Waals surface area contributed by atoms with Gasteiger partial charge >= 0.3 is 6.03 Å². The highest BCUT2D eigenvalue weighted by molar-refractivity contribution is 5.73. The summed E-state index contributed by atoms with van der Waals surface area (Å²) in [5, 5.41) is 15.3. The molecule has 2 aromatic carbocycles. The molecule has 6 heteroatoms. The highest BCUT2D eigenvalue weighted by atomic mass is 19.1. The van der Waals surface area contributed by atoms with Crippen molar-refractivity contribution in [3.8, 4) is 5.75 Å². The average Bonchev–Trinajstić information content (AvgIpc) is 2.61. The molecule has 2 aromatic rings. The summed E-state index contributed by atoms with van der Waals surface area (Å²) < 4.78 is 18.5. The lowest BCUT2D eigenvalue weighted by Crippen LogP contribution is -2.38. The monoisotopic (exact) mass is 332 g/mol. The zero-order valence-corrected chi connectivity index (χ0v) is 13.5. The Kier molecular flexibility index (Phi) is 6.57. The van der Waals surface area contributed by atoms with Crippen molar-refractivity contribution >= 4 is 6.03 Å². The third-order valence-corrected chi connectivity index (χ3v) is 3.59. The van der Waals surface area contributed by atoms with Gasteiger partial charge in [0, 0.05) is 13.1 Å². The number of hydrogen-bond acceptors (Lipinski definition) is 3. The van der Waals surface area contributed by atoms with Crippen LogP contribution in [0.3, 0.4) is 0 Å². The summed E-state index contributed by atoms with van der Waals surface area (Å²) in [6, 6.07) is 13.0. The van der Waals surface area contributed by atoms with Gasteiger partial charge in [-0.15, -0.1) is 0 Å². The first-order chi connectivity index (χ1) is 11.6. The van der Waals surface area contributed by atoms with Crippen LogP contribution in [-0.4, -0.2) is 31.3 Å². The fourth-order valence-electron chi connectivity index (χ4n) is 2.21. The molecule has 3 N–H and O–H groups in total. The molecule has 5 nitrogen and oxygen atoms in total. The van der Waals surface area contributed by atoms with Crippen LogP contribution in [0.15, 0.2) is 48.5 Å². The predicted octanol–water partition coefficient (Wildman–Crippen LogP) is 2.41. The maximum absolute atomic E-state index is 13.4. The smallest absolute Gasteiger partial charge is 0.314 e. The minimum absolute atomic E-state index is 0.0812. The van der Waals surface area contributed by atoms with Gasteiger partial charge in [-0.2, -0.15) is 0 Å². The van der Waals surface area contributed by atoms with Crippen molar-refractivity contribution in [1.29, 1.82) is 0 Å². The van der Waals surface area contributed by atoms with Gasteiger partial charge in [-0.25, -0.2) is 9.18 Å². The topological polar surface area (TPSA) is 70.6 Å². The first kappa shape index (κ1) is 17.7. The Balaban J connectivity index is 1.71. The molecule has 0 heterocycles. The standard InChI is InChI=1S/C18H21FN2O3/c1-24-15-8-6-14(7-9-15)17(22)12-21-18(23)20-11-10-13-4-2-3-5-16(13)19/h2-9,17,22H,10-12H2,1H3,(H2,20,21,23). The number of urea groups is 1. The minimum atomic E-state index is -0.812. The van der Waals surface area contributed by atoms with Gasteiger partial charge in [-0.1, -0.05) is 30.3 Å². The van der Waals surface area contributed by atoms with Crippen molar-refractivity contribution in [3.05, 3.63) is 65.5 Å². The average molecular weight is 332 g/mol. The Morgan fingerprint density at radius 3 is 2.54 bits per heavy atom. The highest BCUT2D eigenvalue weighted by Crippen LogP contribution is 2.16. The van der Waals surface area contributed by atoms with E-state index in [9.17, 15) is 14.3 Å². The van der Waals surface area contributed by atoms with Gasteiger partial charge in [0.1, 0.15) is 11.6 Å². The van der Waals surface area contributed by atoms with Crippen LogP contribution in [0, 0.1) is 5.82 Å². The van der Waals surface area contributed by atoms with Crippen LogP contribution >= 0.6 is 0 Å². The fourth-order valence-corrected chi connectivity index (χ4v) is 2.21. The van der Waals surface area contributed by atoms with Crippen LogP contribution in [0.25, 0.3) is 0 Å². The molecule has 0 aliphatic heterocycles. The molecular formula is C18H21FN2O3. The van der Waals surface area contributed by atoms with Gasteiger partial charge in [0.05, 0.1) is 13.2 Å². The second-order valence-corrected chi connectivity index (χ2v) is 5.27. The van der Waals surface area contributed by atoms with Crippen molar-refractivity contribution < 1.29 is 19.0 Å². The van der Waals surface area contributed by atoms with E-state index < -0.39 is 12.1 Å². The van der Waals surface area contributed by atoms with E-state index in [2.05, 4.69) is 10.6 Å². The third-order valence-electron chi connectivity index (χ3n) is 3.59. The molecular weight excluding hydrogens is 311 g/mol. The van der Waals surface area contributed by atoms with Crippen LogP contribution in [0.5, 0.6) is 5.75 Å². The highest BCUT2D eigenvalue weighted by Gasteiger charge is 2.09. The van der Waals surface area contributed by atoms with Crippen molar-refractivity contribution in [2.24, 2.45) is 0 Å². The van der Waals surface area contributed by atoms with Crippen LogP contribution < -0.4 is 15.4 Å². The van der Waals surface area contributed by atoms with Crippen LogP contribution in [0.1, 0.15) is 17.2 Å². The summed E-state index contributed by atoms with van der Waals surface area (Å²) >= 11 is 0. The predicted molar refractivity (Wildman–Crippen MR) is 89.5 cm³/mol. The number of halogens is 1. The number of ether oxygens (including phenoxy) is 1. The zero-order valence-electron chi connectivity index (χ0n) is 13.5. The minimum Gasteiger partial charge on any atom is -0.497 e. The van der Waals surface area contributed by atoms with Crippen molar-refractivity contribution in [2.45, 2.75) is 12.5 Å². The van der Waals surface area contributed by atoms with E-state index in [1.165, 1.54) is 6.07 Å². The van der Waals surface area contributed by atoms with E-state index >= 15 is 0 Å². The molecule has 2 amide bonds. The number of carbonyl (C=O) groups excluding carboxylic acids is 1. The summed E-state index contributed by atoms with van der Waals surface area (Å²) in [4.78, 5) is 11.7. The summed E-state index contributed by atoms with van der Waals surface area (Å²) in [7, 11) is 1.57. The maximum atomic E-state index is 13.4. The van der Waals surface area contributed by atoms with Crippen LogP contribution in [0.4, 0.5) is 9.18 Å². The Morgan fingerprint density at radius 1 is 1.17 bits per heavy atom. The molecule has 0 radical (unpaired) electrons. The number of benzene rings is 2. The number of hydrogen-bond donors (Lipinski definition) is 3. The maximum Gasteiger partial charge on any atom is 0.314 e. The number of carbonyl (C=O) groups is 1. The lowest BCUT2D eigenvalue weighted by Gasteiger charge is -2.13. The lowest BCUT2D eigenvalue weighted by molar-refractivity contribution is 0.173. The molecule has 0 saturated heterocycles. The first-order valence-electron chi connectivity index (χ1n) is 7.67. The van der Waals surface area contributed by atoms with E-state index in [1.807, 2.05) is 0 Å². The lowest BCUT2D eigenvalue weighted by atomic mass is 10.1. The van der Waals surface area contributed by atoms with Crippen molar-refractivity contribution in [3.63, 3.8) is 0 Å². The zero-order chi connectivity index (χ0) is 17.4. The van der Waals surface area contributed by atoms with Gasteiger partial charge < -0.3 is 20.5 Å². The van der Waals surface area contributed by atoms with E-state index in [4.69, 9.17) is 4.74 Å². The Morgan fingerprint density at radius 2 is 1.88 bits per heavy atom. The molecule has 2 rings (SSSR count). The Labute approximate surface area is 140 Å². The summed E-state index contributed by atoms with van der Waals surface area (Å²) in [6.07, 6.45) is -0.408. The van der Waals surface area contributed by atoms with Gasteiger partial charge in [0.2, 0.25) is 0 Å². The molecule has 1 atom stereocenters. The number of nitrogens with one attached hydrogen (secondary N) is 2. The summed E-state index contributed by atoms with van der Waals surface area (Å²) in [6.45, 7) is 0.392. The molecule has 0 saturated carbocycles. The molecule has 24 heavy (non-hydrogen) atoms. The fraction of sp³-hybridized carbons (Fsp3) is 0.278. The van der Waals surface area contributed by atoms with E-state index in [1.54, 1.807) is 49.6 Å². The molecule has 0 spiro atoms. The molecule has 1 unspecified atom stereocenters. The van der Waals surface area contributed by atoms with Gasteiger partial charge in [-0.05, 0) is 35.7 Å². The number of methoxy groups -OCH3 is 1. The SMILES string of the molecule is COc1ccc(C(O)CNC(=O)NCCc2ccccc2F)cc1. The van der Waals surface area contributed by atoms with Crippen molar-refractivity contribution in [2.75, 3.05) is 20.2 Å².